The standard InChI is InChI=1S/C15H25N/c1-12(2)15(4,11-16-5)10-14-8-6-7-13(3)9-14/h6-9,12,16H,10-11H2,1-5H3. The first-order valence-electron chi connectivity index (χ1n) is 6.18. The van der Waals surface area contributed by atoms with Crippen molar-refractivity contribution in [2.45, 2.75) is 34.1 Å². The smallest absolute Gasteiger partial charge is 0.000780 e. The fourth-order valence-electron chi connectivity index (χ4n) is 2.16. The molecule has 0 fully saturated rings. The molecule has 1 rings (SSSR count). The summed E-state index contributed by atoms with van der Waals surface area (Å²) in [6.07, 6.45) is 1.15. The van der Waals surface area contributed by atoms with Gasteiger partial charge in [0.15, 0.2) is 0 Å². The molecule has 1 heteroatoms. The number of hydrogen-bond donors (Lipinski definition) is 1. The van der Waals surface area contributed by atoms with E-state index in [1.807, 2.05) is 7.05 Å². The lowest BCUT2D eigenvalue weighted by Gasteiger charge is -2.34. The molecule has 0 bridgehead atoms. The fourth-order valence-corrected chi connectivity index (χ4v) is 2.16. The molecule has 0 spiro atoms. The number of aryl methyl sites for hydroxylation is 1. The van der Waals surface area contributed by atoms with Gasteiger partial charge in [-0.2, -0.15) is 0 Å². The second-order valence-electron chi connectivity index (χ2n) is 5.50. The molecule has 0 amide bonds. The average molecular weight is 219 g/mol. The summed E-state index contributed by atoms with van der Waals surface area (Å²) < 4.78 is 0. The summed E-state index contributed by atoms with van der Waals surface area (Å²) >= 11 is 0. The zero-order valence-electron chi connectivity index (χ0n) is 11.3. The largest absolute Gasteiger partial charge is 0.319 e. The summed E-state index contributed by atoms with van der Waals surface area (Å²) in [7, 11) is 2.04. The molecule has 0 heterocycles. The van der Waals surface area contributed by atoms with Crippen molar-refractivity contribution in [3.05, 3.63) is 35.4 Å². The molecule has 1 nitrogen and oxygen atoms in total. The second kappa shape index (κ2) is 5.49. The molecule has 0 aliphatic carbocycles. The number of rotatable bonds is 5. The Labute approximate surface area is 100 Å². The van der Waals surface area contributed by atoms with Gasteiger partial charge in [-0.05, 0) is 37.3 Å². The molecule has 1 atom stereocenters. The van der Waals surface area contributed by atoms with Crippen LogP contribution in [0.15, 0.2) is 24.3 Å². The number of nitrogens with one attached hydrogen (secondary N) is 1. The third-order valence-electron chi connectivity index (χ3n) is 3.66. The lowest BCUT2D eigenvalue weighted by Crippen LogP contribution is -2.36. The molecule has 16 heavy (non-hydrogen) atoms. The van der Waals surface area contributed by atoms with Crippen molar-refractivity contribution in [2.24, 2.45) is 11.3 Å². The third-order valence-corrected chi connectivity index (χ3v) is 3.66. The van der Waals surface area contributed by atoms with Crippen LogP contribution in [0.5, 0.6) is 0 Å². The highest BCUT2D eigenvalue weighted by molar-refractivity contribution is 5.23. The lowest BCUT2D eigenvalue weighted by atomic mass is 9.74. The minimum atomic E-state index is 0.336. The molecule has 1 N–H and O–H groups in total. The van der Waals surface area contributed by atoms with E-state index in [2.05, 4.69) is 57.3 Å². The molecule has 0 saturated carbocycles. The van der Waals surface area contributed by atoms with Crippen LogP contribution in [0.25, 0.3) is 0 Å². The van der Waals surface area contributed by atoms with Gasteiger partial charge in [0.05, 0.1) is 0 Å². The predicted molar refractivity (Wildman–Crippen MR) is 71.8 cm³/mol. The van der Waals surface area contributed by atoms with E-state index in [-0.39, 0.29) is 0 Å². The Morgan fingerprint density at radius 3 is 2.50 bits per heavy atom. The highest BCUT2D eigenvalue weighted by atomic mass is 14.8. The minimum Gasteiger partial charge on any atom is -0.319 e. The van der Waals surface area contributed by atoms with Crippen LogP contribution >= 0.6 is 0 Å². The van der Waals surface area contributed by atoms with Gasteiger partial charge >= 0.3 is 0 Å². The van der Waals surface area contributed by atoms with E-state index in [1.165, 1.54) is 11.1 Å². The van der Waals surface area contributed by atoms with E-state index < -0.39 is 0 Å². The molecule has 0 aliphatic rings. The van der Waals surface area contributed by atoms with Crippen molar-refractivity contribution in [2.75, 3.05) is 13.6 Å². The molecular formula is C15H25N. The van der Waals surface area contributed by atoms with Crippen LogP contribution < -0.4 is 5.32 Å². The highest BCUT2D eigenvalue weighted by Gasteiger charge is 2.27. The summed E-state index contributed by atoms with van der Waals surface area (Å²) in [6, 6.07) is 8.86. The molecule has 90 valence electrons. The first-order valence-corrected chi connectivity index (χ1v) is 6.18. The van der Waals surface area contributed by atoms with E-state index in [1.54, 1.807) is 0 Å². The molecule has 1 unspecified atom stereocenters. The van der Waals surface area contributed by atoms with E-state index in [4.69, 9.17) is 0 Å². The van der Waals surface area contributed by atoms with Crippen molar-refractivity contribution in [3.63, 3.8) is 0 Å². The van der Waals surface area contributed by atoms with E-state index in [9.17, 15) is 0 Å². The van der Waals surface area contributed by atoms with Crippen molar-refractivity contribution >= 4 is 0 Å². The molecule has 0 aromatic heterocycles. The van der Waals surface area contributed by atoms with Gasteiger partial charge in [0.2, 0.25) is 0 Å². The second-order valence-corrected chi connectivity index (χ2v) is 5.50. The molecule has 1 aromatic rings. The van der Waals surface area contributed by atoms with Crippen LogP contribution in [-0.4, -0.2) is 13.6 Å². The Hall–Kier alpha value is -0.820. The average Bonchev–Trinajstić information content (AvgIpc) is 2.17. The first-order chi connectivity index (χ1) is 7.48. The summed E-state index contributed by atoms with van der Waals surface area (Å²) in [5.74, 6) is 0.681. The molecule has 0 aliphatic heterocycles. The van der Waals surface area contributed by atoms with E-state index in [0.717, 1.165) is 13.0 Å². The third kappa shape index (κ3) is 3.34. The van der Waals surface area contributed by atoms with Crippen LogP contribution in [0, 0.1) is 18.3 Å². The monoisotopic (exact) mass is 219 g/mol. The Bertz CT molecular complexity index is 330. The molecular weight excluding hydrogens is 194 g/mol. The van der Waals surface area contributed by atoms with E-state index in [0.29, 0.717) is 11.3 Å². The Morgan fingerprint density at radius 2 is 2.00 bits per heavy atom. The van der Waals surface area contributed by atoms with Crippen molar-refractivity contribution in [1.82, 2.24) is 5.32 Å². The van der Waals surface area contributed by atoms with Gasteiger partial charge in [-0.1, -0.05) is 50.6 Å². The fraction of sp³-hybridized carbons (Fsp3) is 0.600. The predicted octanol–water partition coefficient (Wildman–Crippen LogP) is 3.42. The Morgan fingerprint density at radius 1 is 1.31 bits per heavy atom. The van der Waals surface area contributed by atoms with Crippen LogP contribution in [0.1, 0.15) is 31.9 Å². The maximum Gasteiger partial charge on any atom is 0.000780 e. The normalized spacial score (nSPS) is 15.1. The lowest BCUT2D eigenvalue weighted by molar-refractivity contribution is 0.212. The zero-order chi connectivity index (χ0) is 12.2. The highest BCUT2D eigenvalue weighted by Crippen LogP contribution is 2.30. The number of benzene rings is 1. The van der Waals surface area contributed by atoms with Crippen molar-refractivity contribution in [1.29, 1.82) is 0 Å². The van der Waals surface area contributed by atoms with Crippen molar-refractivity contribution < 1.29 is 0 Å². The first kappa shape index (κ1) is 13.2. The summed E-state index contributed by atoms with van der Waals surface area (Å²) in [5, 5.41) is 3.32. The number of hydrogen-bond acceptors (Lipinski definition) is 1. The van der Waals surface area contributed by atoms with Gasteiger partial charge in [0.25, 0.3) is 0 Å². The summed E-state index contributed by atoms with van der Waals surface area (Å²) in [6.45, 7) is 10.2. The van der Waals surface area contributed by atoms with Crippen LogP contribution in [0.4, 0.5) is 0 Å². The summed E-state index contributed by atoms with van der Waals surface area (Å²) in [4.78, 5) is 0. The van der Waals surface area contributed by atoms with Gasteiger partial charge in [0.1, 0.15) is 0 Å². The van der Waals surface area contributed by atoms with Gasteiger partial charge in [0, 0.05) is 6.54 Å². The van der Waals surface area contributed by atoms with Crippen LogP contribution in [-0.2, 0) is 6.42 Å². The Balaban J connectivity index is 2.83. The van der Waals surface area contributed by atoms with Gasteiger partial charge in [-0.15, -0.1) is 0 Å². The topological polar surface area (TPSA) is 12.0 Å². The van der Waals surface area contributed by atoms with Gasteiger partial charge < -0.3 is 5.32 Å². The summed E-state index contributed by atoms with van der Waals surface area (Å²) in [5.41, 5.74) is 3.14. The molecule has 0 saturated heterocycles. The van der Waals surface area contributed by atoms with Gasteiger partial charge in [-0.25, -0.2) is 0 Å². The molecule has 0 radical (unpaired) electrons. The van der Waals surface area contributed by atoms with Crippen LogP contribution in [0.3, 0.4) is 0 Å². The maximum absolute atomic E-state index is 3.32. The van der Waals surface area contributed by atoms with Gasteiger partial charge in [-0.3, -0.25) is 0 Å². The van der Waals surface area contributed by atoms with Crippen LogP contribution in [0.2, 0.25) is 0 Å². The van der Waals surface area contributed by atoms with Crippen molar-refractivity contribution in [3.8, 4) is 0 Å². The quantitative estimate of drug-likeness (QED) is 0.800. The van der Waals surface area contributed by atoms with E-state index >= 15 is 0 Å². The molecule has 1 aromatic carbocycles. The maximum atomic E-state index is 3.32. The zero-order valence-corrected chi connectivity index (χ0v) is 11.3. The SMILES string of the molecule is CNCC(C)(Cc1cccc(C)c1)C(C)C. The Kier molecular flexibility index (Phi) is 4.55. The minimum absolute atomic E-state index is 0.336.